The molecule has 3 rings (SSSR count). The Bertz CT molecular complexity index is 375. The van der Waals surface area contributed by atoms with Crippen LogP contribution in [0.3, 0.4) is 0 Å². The molecule has 1 aromatic rings. The largest absolute Gasteiger partial charge is 0.388 e. The topological polar surface area (TPSA) is 42.4 Å². The van der Waals surface area contributed by atoms with Crippen LogP contribution < -0.4 is 0 Å². The summed E-state index contributed by atoms with van der Waals surface area (Å²) in [5, 5.41) is 10.4. The number of pyridine rings is 1. The molecule has 0 radical (unpaired) electrons. The van der Waals surface area contributed by atoms with Crippen LogP contribution in [0.1, 0.15) is 43.8 Å². The van der Waals surface area contributed by atoms with Crippen molar-refractivity contribution >= 4 is 0 Å². The van der Waals surface area contributed by atoms with E-state index in [2.05, 4.69) is 4.98 Å². The summed E-state index contributed by atoms with van der Waals surface area (Å²) in [6, 6.07) is 3.84. The molecule has 3 nitrogen and oxygen atoms in total. The fourth-order valence-corrected chi connectivity index (χ4v) is 3.08. The second-order valence-corrected chi connectivity index (χ2v) is 5.37. The highest BCUT2D eigenvalue weighted by Crippen LogP contribution is 2.47. The van der Waals surface area contributed by atoms with Crippen LogP contribution >= 0.6 is 0 Å². The minimum absolute atomic E-state index is 0.103. The van der Waals surface area contributed by atoms with Gasteiger partial charge in [0.1, 0.15) is 0 Å². The first-order valence-electron chi connectivity index (χ1n) is 6.51. The van der Waals surface area contributed by atoms with E-state index in [0.29, 0.717) is 5.92 Å². The third-order valence-corrected chi connectivity index (χ3v) is 4.27. The molecule has 2 aliphatic rings. The van der Waals surface area contributed by atoms with Gasteiger partial charge in [-0.15, -0.1) is 0 Å². The first-order chi connectivity index (χ1) is 8.29. The number of ether oxygens (including phenoxy) is 1. The van der Waals surface area contributed by atoms with Crippen LogP contribution in [0.4, 0.5) is 0 Å². The van der Waals surface area contributed by atoms with E-state index in [1.54, 1.807) is 12.4 Å². The van der Waals surface area contributed by atoms with Gasteiger partial charge in [0.25, 0.3) is 0 Å². The predicted octanol–water partition coefficient (Wildman–Crippen LogP) is 2.46. The van der Waals surface area contributed by atoms with E-state index in [9.17, 15) is 5.11 Å². The van der Waals surface area contributed by atoms with Gasteiger partial charge in [-0.2, -0.15) is 0 Å². The maximum Gasteiger partial charge on any atom is 0.0834 e. The summed E-state index contributed by atoms with van der Waals surface area (Å²) in [7, 11) is 0. The molecule has 0 aromatic carbocycles. The normalized spacial score (nSPS) is 28.6. The van der Waals surface area contributed by atoms with Crippen molar-refractivity contribution in [2.45, 2.75) is 43.8 Å². The van der Waals surface area contributed by atoms with Crippen molar-refractivity contribution in [1.29, 1.82) is 0 Å². The first kappa shape index (κ1) is 11.2. The third-order valence-electron chi connectivity index (χ3n) is 4.27. The second kappa shape index (κ2) is 4.39. The van der Waals surface area contributed by atoms with Crippen LogP contribution in [0, 0.1) is 5.92 Å². The van der Waals surface area contributed by atoms with Gasteiger partial charge >= 0.3 is 0 Å². The third kappa shape index (κ3) is 2.09. The summed E-state index contributed by atoms with van der Waals surface area (Å²) in [4.78, 5) is 4.08. The van der Waals surface area contributed by atoms with Gasteiger partial charge in [0.05, 0.1) is 11.7 Å². The van der Waals surface area contributed by atoms with Crippen LogP contribution in [-0.4, -0.2) is 22.3 Å². The molecular formula is C14H19NO2. The average Bonchev–Trinajstić information content (AvgIpc) is 2.37. The maximum atomic E-state index is 10.4. The highest BCUT2D eigenvalue weighted by atomic mass is 16.5. The number of aliphatic hydroxyl groups excluding tert-OH is 1. The summed E-state index contributed by atoms with van der Waals surface area (Å²) in [6.07, 6.45) is 8.70. The van der Waals surface area contributed by atoms with E-state index in [4.69, 9.17) is 4.74 Å². The summed E-state index contributed by atoms with van der Waals surface area (Å²) in [6.45, 7) is 0.794. The van der Waals surface area contributed by atoms with Crippen molar-refractivity contribution in [3.8, 4) is 0 Å². The molecule has 0 amide bonds. The van der Waals surface area contributed by atoms with Crippen LogP contribution in [0.25, 0.3) is 0 Å². The highest BCUT2D eigenvalue weighted by Gasteiger charge is 2.44. The average molecular weight is 233 g/mol. The Morgan fingerprint density at radius 3 is 3.00 bits per heavy atom. The number of aromatic nitrogens is 1. The molecule has 2 heterocycles. The zero-order valence-corrected chi connectivity index (χ0v) is 10.0. The van der Waals surface area contributed by atoms with Crippen molar-refractivity contribution < 1.29 is 9.84 Å². The van der Waals surface area contributed by atoms with E-state index in [1.165, 1.54) is 19.3 Å². The van der Waals surface area contributed by atoms with Gasteiger partial charge in [0, 0.05) is 19.0 Å². The van der Waals surface area contributed by atoms with Gasteiger partial charge in [-0.3, -0.25) is 4.98 Å². The fraction of sp³-hybridized carbons (Fsp3) is 0.643. The number of nitrogens with zero attached hydrogens (tertiary/aromatic N) is 1. The van der Waals surface area contributed by atoms with E-state index < -0.39 is 0 Å². The van der Waals surface area contributed by atoms with Gasteiger partial charge in [-0.05, 0) is 49.7 Å². The van der Waals surface area contributed by atoms with Crippen molar-refractivity contribution in [1.82, 2.24) is 4.98 Å². The summed E-state index contributed by atoms with van der Waals surface area (Å²) in [5.74, 6) is 0.327. The molecule has 2 fully saturated rings. The minimum Gasteiger partial charge on any atom is -0.388 e. The fourth-order valence-electron chi connectivity index (χ4n) is 3.08. The molecule has 2 atom stereocenters. The molecule has 1 saturated heterocycles. The second-order valence-electron chi connectivity index (χ2n) is 5.37. The summed E-state index contributed by atoms with van der Waals surface area (Å²) < 4.78 is 5.89. The van der Waals surface area contributed by atoms with Crippen LogP contribution in [0.15, 0.2) is 24.5 Å². The smallest absolute Gasteiger partial charge is 0.0834 e. The standard InChI is InChI=1S/C14H19NO2/c16-13(12-3-1-7-15-10-12)11-4-8-17-14(9-11)5-2-6-14/h1,3,7,10-11,13,16H,2,4-6,8-9H2. The highest BCUT2D eigenvalue weighted by molar-refractivity contribution is 5.13. The zero-order chi connectivity index (χ0) is 11.7. The Morgan fingerprint density at radius 1 is 1.47 bits per heavy atom. The quantitative estimate of drug-likeness (QED) is 0.853. The van der Waals surface area contributed by atoms with E-state index in [-0.39, 0.29) is 11.7 Å². The number of hydrogen-bond acceptors (Lipinski definition) is 3. The lowest BCUT2D eigenvalue weighted by atomic mass is 9.70. The Morgan fingerprint density at radius 2 is 2.35 bits per heavy atom. The van der Waals surface area contributed by atoms with Gasteiger partial charge in [0.15, 0.2) is 0 Å². The molecule has 1 aromatic heterocycles. The molecule has 92 valence electrons. The molecule has 1 spiro atoms. The first-order valence-corrected chi connectivity index (χ1v) is 6.51. The lowest BCUT2D eigenvalue weighted by Gasteiger charge is -2.48. The molecule has 1 N–H and O–H groups in total. The number of rotatable bonds is 2. The van der Waals surface area contributed by atoms with Crippen molar-refractivity contribution in [3.63, 3.8) is 0 Å². The van der Waals surface area contributed by atoms with Crippen molar-refractivity contribution in [3.05, 3.63) is 30.1 Å². The van der Waals surface area contributed by atoms with Gasteiger partial charge in [-0.1, -0.05) is 6.07 Å². The Hall–Kier alpha value is -0.930. The molecule has 3 heteroatoms. The summed E-state index contributed by atoms with van der Waals surface area (Å²) >= 11 is 0. The van der Waals surface area contributed by atoms with E-state index >= 15 is 0 Å². The molecular weight excluding hydrogens is 214 g/mol. The minimum atomic E-state index is -0.384. The molecule has 17 heavy (non-hydrogen) atoms. The Balaban J connectivity index is 1.71. The monoisotopic (exact) mass is 233 g/mol. The van der Waals surface area contributed by atoms with Gasteiger partial charge < -0.3 is 9.84 Å². The predicted molar refractivity (Wildman–Crippen MR) is 64.5 cm³/mol. The van der Waals surface area contributed by atoms with Crippen LogP contribution in [0.5, 0.6) is 0 Å². The van der Waals surface area contributed by atoms with Crippen molar-refractivity contribution in [2.75, 3.05) is 6.61 Å². The van der Waals surface area contributed by atoms with Crippen LogP contribution in [0.2, 0.25) is 0 Å². The Labute approximate surface area is 102 Å². The Kier molecular flexibility index (Phi) is 2.89. The van der Waals surface area contributed by atoms with E-state index in [0.717, 1.165) is 25.0 Å². The molecule has 2 unspecified atom stereocenters. The number of hydrogen-bond donors (Lipinski definition) is 1. The molecule has 0 bridgehead atoms. The lowest BCUT2D eigenvalue weighted by molar-refractivity contribution is -0.157. The summed E-state index contributed by atoms with van der Waals surface area (Å²) in [5.41, 5.74) is 1.04. The number of aliphatic hydroxyl groups is 1. The van der Waals surface area contributed by atoms with Crippen molar-refractivity contribution in [2.24, 2.45) is 5.92 Å². The SMILES string of the molecule is OC(c1cccnc1)C1CCOC2(CCC2)C1. The lowest BCUT2D eigenvalue weighted by Crippen LogP contribution is -2.46. The zero-order valence-electron chi connectivity index (χ0n) is 10.0. The van der Waals surface area contributed by atoms with Crippen LogP contribution in [-0.2, 0) is 4.74 Å². The molecule has 1 aliphatic heterocycles. The molecule has 1 aliphatic carbocycles. The molecule has 1 saturated carbocycles. The van der Waals surface area contributed by atoms with Gasteiger partial charge in [-0.25, -0.2) is 0 Å². The maximum absolute atomic E-state index is 10.4. The van der Waals surface area contributed by atoms with Gasteiger partial charge in [0.2, 0.25) is 0 Å². The van der Waals surface area contributed by atoms with E-state index in [1.807, 2.05) is 12.1 Å².